The summed E-state index contributed by atoms with van der Waals surface area (Å²) in [6, 6.07) is 12.4. The van der Waals surface area contributed by atoms with Crippen molar-refractivity contribution in [2.45, 2.75) is 19.9 Å². The normalized spacial score (nSPS) is 12.8. The summed E-state index contributed by atoms with van der Waals surface area (Å²) in [5.41, 5.74) is 7.24. The molecule has 0 amide bonds. The summed E-state index contributed by atoms with van der Waals surface area (Å²) in [6.07, 6.45) is 0. The summed E-state index contributed by atoms with van der Waals surface area (Å²) < 4.78 is 0. The van der Waals surface area contributed by atoms with Crippen LogP contribution < -0.4 is 11.3 Å². The molecule has 0 saturated heterocycles. The van der Waals surface area contributed by atoms with E-state index in [1.165, 1.54) is 15.8 Å². The first kappa shape index (κ1) is 13.2. The summed E-state index contributed by atoms with van der Waals surface area (Å²) in [7, 11) is 0. The van der Waals surface area contributed by atoms with Gasteiger partial charge in [-0.3, -0.25) is 10.8 Å². The number of nitrogens with one attached hydrogen (secondary N) is 1. The van der Waals surface area contributed by atoms with Crippen molar-refractivity contribution in [1.82, 2.24) is 10.4 Å². The SMILES string of the molecule is Cc1cc(C(NN)c2cc(C)c3ccccc3n2)cs1. The number of benzene rings is 1. The lowest BCUT2D eigenvalue weighted by Gasteiger charge is -2.16. The Balaban J connectivity index is 2.12. The van der Waals surface area contributed by atoms with Gasteiger partial charge in [0.05, 0.1) is 17.3 Å². The molecule has 2 aromatic heterocycles. The van der Waals surface area contributed by atoms with Gasteiger partial charge in [-0.1, -0.05) is 18.2 Å². The lowest BCUT2D eigenvalue weighted by molar-refractivity contribution is 0.624. The molecule has 0 saturated carbocycles. The van der Waals surface area contributed by atoms with E-state index in [0.29, 0.717) is 0 Å². The number of rotatable bonds is 3. The van der Waals surface area contributed by atoms with Gasteiger partial charge >= 0.3 is 0 Å². The number of para-hydroxylation sites is 1. The Morgan fingerprint density at radius 2 is 2.00 bits per heavy atom. The maximum absolute atomic E-state index is 5.75. The van der Waals surface area contributed by atoms with E-state index < -0.39 is 0 Å². The minimum absolute atomic E-state index is 0.0664. The lowest BCUT2D eigenvalue weighted by atomic mass is 10.0. The van der Waals surface area contributed by atoms with Crippen LogP contribution in [-0.4, -0.2) is 4.98 Å². The molecule has 3 nitrogen and oxygen atoms in total. The maximum Gasteiger partial charge on any atom is 0.0889 e. The Kier molecular flexibility index (Phi) is 3.53. The summed E-state index contributed by atoms with van der Waals surface area (Å²) in [5.74, 6) is 5.75. The van der Waals surface area contributed by atoms with E-state index in [1.807, 2.05) is 18.2 Å². The molecule has 3 aromatic rings. The number of fused-ring (bicyclic) bond motifs is 1. The third kappa shape index (κ3) is 2.33. The van der Waals surface area contributed by atoms with Gasteiger partial charge in [-0.25, -0.2) is 5.43 Å². The molecule has 0 aliphatic rings. The Morgan fingerprint density at radius 1 is 1.20 bits per heavy atom. The zero-order valence-corrected chi connectivity index (χ0v) is 12.4. The number of nitrogens with two attached hydrogens (primary N) is 1. The smallest absolute Gasteiger partial charge is 0.0889 e. The van der Waals surface area contributed by atoms with E-state index in [9.17, 15) is 0 Å². The van der Waals surface area contributed by atoms with Gasteiger partial charge in [-0.2, -0.15) is 0 Å². The van der Waals surface area contributed by atoms with Crippen molar-refractivity contribution < 1.29 is 0 Å². The monoisotopic (exact) mass is 283 g/mol. The Hall–Kier alpha value is -1.75. The number of nitrogens with zero attached hydrogens (tertiary/aromatic N) is 1. The molecule has 1 unspecified atom stereocenters. The molecule has 0 radical (unpaired) electrons. The predicted molar refractivity (Wildman–Crippen MR) is 84.7 cm³/mol. The molecule has 1 atom stereocenters. The summed E-state index contributed by atoms with van der Waals surface area (Å²) in [4.78, 5) is 6.03. The average Bonchev–Trinajstić information content (AvgIpc) is 2.86. The maximum atomic E-state index is 5.75. The predicted octanol–water partition coefficient (Wildman–Crippen LogP) is 3.47. The van der Waals surface area contributed by atoms with Gasteiger partial charge in [-0.05, 0) is 48.6 Å². The van der Waals surface area contributed by atoms with Crippen molar-refractivity contribution in [2.75, 3.05) is 0 Å². The van der Waals surface area contributed by atoms with Gasteiger partial charge in [-0.15, -0.1) is 11.3 Å². The molecule has 0 fully saturated rings. The van der Waals surface area contributed by atoms with Gasteiger partial charge < -0.3 is 0 Å². The van der Waals surface area contributed by atoms with Crippen LogP contribution in [0.15, 0.2) is 41.8 Å². The summed E-state index contributed by atoms with van der Waals surface area (Å²) in [6.45, 7) is 4.21. The molecule has 3 N–H and O–H groups in total. The fourth-order valence-corrected chi connectivity index (χ4v) is 3.22. The van der Waals surface area contributed by atoms with E-state index in [-0.39, 0.29) is 6.04 Å². The molecule has 102 valence electrons. The molecule has 0 aliphatic heterocycles. The molecule has 20 heavy (non-hydrogen) atoms. The molecule has 0 aliphatic carbocycles. The number of hydrazine groups is 1. The summed E-state index contributed by atoms with van der Waals surface area (Å²) >= 11 is 1.73. The highest BCUT2D eigenvalue weighted by atomic mass is 32.1. The topological polar surface area (TPSA) is 50.9 Å². The number of thiophene rings is 1. The van der Waals surface area contributed by atoms with Crippen LogP contribution in [0.4, 0.5) is 0 Å². The fourth-order valence-electron chi connectivity index (χ4n) is 2.49. The van der Waals surface area contributed by atoms with Gasteiger partial charge in [0.25, 0.3) is 0 Å². The number of hydrogen-bond donors (Lipinski definition) is 2. The highest BCUT2D eigenvalue weighted by molar-refractivity contribution is 7.10. The Labute approximate surface area is 122 Å². The average molecular weight is 283 g/mol. The van der Waals surface area contributed by atoms with Crippen LogP contribution in [-0.2, 0) is 0 Å². The summed E-state index contributed by atoms with van der Waals surface area (Å²) in [5, 5.41) is 3.32. The van der Waals surface area contributed by atoms with E-state index in [2.05, 4.69) is 42.9 Å². The van der Waals surface area contributed by atoms with E-state index >= 15 is 0 Å². The van der Waals surface area contributed by atoms with Crippen LogP contribution in [0.2, 0.25) is 0 Å². The minimum atomic E-state index is -0.0664. The lowest BCUT2D eigenvalue weighted by Crippen LogP contribution is -2.29. The molecule has 2 heterocycles. The quantitative estimate of drug-likeness (QED) is 0.571. The molecule has 4 heteroatoms. The largest absolute Gasteiger partial charge is 0.271 e. The Bertz CT molecular complexity index is 748. The van der Waals surface area contributed by atoms with Crippen LogP contribution in [0.5, 0.6) is 0 Å². The van der Waals surface area contributed by atoms with Crippen LogP contribution in [0.1, 0.15) is 27.7 Å². The molecule has 0 bridgehead atoms. The highest BCUT2D eigenvalue weighted by Crippen LogP contribution is 2.27. The zero-order valence-electron chi connectivity index (χ0n) is 11.6. The highest BCUT2D eigenvalue weighted by Gasteiger charge is 2.16. The van der Waals surface area contributed by atoms with E-state index in [4.69, 9.17) is 10.8 Å². The number of aromatic nitrogens is 1. The minimum Gasteiger partial charge on any atom is -0.271 e. The first-order valence-corrected chi connectivity index (χ1v) is 7.44. The van der Waals surface area contributed by atoms with Crippen molar-refractivity contribution >= 4 is 22.2 Å². The van der Waals surface area contributed by atoms with Crippen LogP contribution in [0.25, 0.3) is 10.9 Å². The first-order chi connectivity index (χ1) is 9.69. The second kappa shape index (κ2) is 5.32. The molecule has 0 spiro atoms. The van der Waals surface area contributed by atoms with Gasteiger partial charge in [0.15, 0.2) is 0 Å². The molecule has 3 rings (SSSR count). The van der Waals surface area contributed by atoms with E-state index in [0.717, 1.165) is 16.8 Å². The van der Waals surface area contributed by atoms with Gasteiger partial charge in [0, 0.05) is 10.3 Å². The molecule has 1 aromatic carbocycles. The number of hydrogen-bond acceptors (Lipinski definition) is 4. The van der Waals surface area contributed by atoms with Crippen molar-refractivity contribution in [2.24, 2.45) is 5.84 Å². The molecular formula is C16H17N3S. The number of pyridine rings is 1. The fraction of sp³-hybridized carbons (Fsp3) is 0.188. The zero-order chi connectivity index (χ0) is 14.1. The van der Waals surface area contributed by atoms with Gasteiger partial charge in [0.1, 0.15) is 0 Å². The second-order valence-corrected chi connectivity index (χ2v) is 6.09. The Morgan fingerprint density at radius 3 is 2.70 bits per heavy atom. The third-order valence-electron chi connectivity index (χ3n) is 3.49. The third-order valence-corrected chi connectivity index (χ3v) is 4.37. The standard InChI is InChI=1S/C16H17N3S/c1-10-7-15(18-14-6-4-3-5-13(10)14)16(19-17)12-8-11(2)20-9-12/h3-9,16,19H,17H2,1-2H3. The van der Waals surface area contributed by atoms with Crippen molar-refractivity contribution in [3.8, 4) is 0 Å². The van der Waals surface area contributed by atoms with Crippen molar-refractivity contribution in [3.05, 3.63) is 63.5 Å². The van der Waals surface area contributed by atoms with Gasteiger partial charge in [0.2, 0.25) is 0 Å². The second-order valence-electron chi connectivity index (χ2n) is 4.97. The first-order valence-electron chi connectivity index (χ1n) is 6.56. The molecular weight excluding hydrogens is 266 g/mol. The van der Waals surface area contributed by atoms with E-state index in [1.54, 1.807) is 11.3 Å². The van der Waals surface area contributed by atoms with Crippen LogP contribution in [0, 0.1) is 13.8 Å². The number of aryl methyl sites for hydroxylation is 2. The van der Waals surface area contributed by atoms with Crippen LogP contribution >= 0.6 is 11.3 Å². The van der Waals surface area contributed by atoms with Crippen molar-refractivity contribution in [1.29, 1.82) is 0 Å². The van der Waals surface area contributed by atoms with Crippen molar-refractivity contribution in [3.63, 3.8) is 0 Å². The van der Waals surface area contributed by atoms with Crippen LogP contribution in [0.3, 0.4) is 0 Å².